The number of nitrogens with two attached hydrogens (primary N) is 1. The Bertz CT molecular complexity index is 396. The zero-order valence-electron chi connectivity index (χ0n) is 12.8. The van der Waals surface area contributed by atoms with E-state index in [4.69, 9.17) is 10.3 Å². The molecule has 0 saturated heterocycles. The first-order chi connectivity index (χ1) is 8.95. The van der Waals surface area contributed by atoms with Gasteiger partial charge in [0.1, 0.15) is 0 Å². The molecule has 0 unspecified atom stereocenters. The lowest BCUT2D eigenvalue weighted by Gasteiger charge is -2.26. The fourth-order valence-corrected chi connectivity index (χ4v) is 2.69. The van der Waals surface area contributed by atoms with E-state index in [9.17, 15) is 0 Å². The smallest absolute Gasteiger partial charge is 0.240 e. The number of nitrogens with zero attached hydrogens (tertiary/aromatic N) is 3. The van der Waals surface area contributed by atoms with Crippen molar-refractivity contribution in [3.63, 3.8) is 0 Å². The van der Waals surface area contributed by atoms with Crippen LogP contribution in [0.5, 0.6) is 0 Å². The Morgan fingerprint density at radius 3 is 2.50 bits per heavy atom. The van der Waals surface area contributed by atoms with Gasteiger partial charge in [-0.25, -0.2) is 0 Å². The molecule has 20 heavy (non-hydrogen) atoms. The van der Waals surface area contributed by atoms with Gasteiger partial charge in [-0.1, -0.05) is 24.4 Å². The quantitative estimate of drug-likeness (QED) is 0.905. The summed E-state index contributed by atoms with van der Waals surface area (Å²) in [5.74, 6) is 2.06. The highest BCUT2D eigenvalue weighted by molar-refractivity contribution is 5.85. The Morgan fingerprint density at radius 1 is 1.30 bits per heavy atom. The van der Waals surface area contributed by atoms with Gasteiger partial charge in [-0.3, -0.25) is 4.90 Å². The molecule has 1 heterocycles. The van der Waals surface area contributed by atoms with Crippen LogP contribution in [0.4, 0.5) is 0 Å². The maximum atomic E-state index is 5.95. The molecule has 0 aromatic carbocycles. The molecule has 5 nitrogen and oxygen atoms in total. The molecule has 1 aromatic rings. The second kappa shape index (κ2) is 7.38. The first-order valence-corrected chi connectivity index (χ1v) is 7.25. The van der Waals surface area contributed by atoms with Crippen molar-refractivity contribution < 1.29 is 4.52 Å². The monoisotopic (exact) mass is 302 g/mol. The van der Waals surface area contributed by atoms with Crippen molar-refractivity contribution in [2.45, 2.75) is 58.0 Å². The van der Waals surface area contributed by atoms with Gasteiger partial charge in [0.15, 0.2) is 5.82 Å². The van der Waals surface area contributed by atoms with Crippen LogP contribution >= 0.6 is 12.4 Å². The van der Waals surface area contributed by atoms with Crippen LogP contribution in [-0.4, -0.2) is 28.6 Å². The van der Waals surface area contributed by atoms with Gasteiger partial charge < -0.3 is 10.3 Å². The average Bonchev–Trinajstić information content (AvgIpc) is 2.78. The van der Waals surface area contributed by atoms with Gasteiger partial charge in [0.05, 0.1) is 12.1 Å². The van der Waals surface area contributed by atoms with Crippen molar-refractivity contribution in [3.8, 4) is 0 Å². The minimum atomic E-state index is -0.538. The van der Waals surface area contributed by atoms with Gasteiger partial charge >= 0.3 is 0 Å². The maximum absolute atomic E-state index is 5.95. The fraction of sp³-hybridized carbons (Fsp3) is 0.857. The number of halogens is 1. The molecular weight excluding hydrogens is 276 g/mol. The molecule has 1 saturated carbocycles. The molecule has 2 N–H and O–H groups in total. The molecular formula is C14H27ClN4O. The molecule has 2 rings (SSSR count). The largest absolute Gasteiger partial charge is 0.338 e. The van der Waals surface area contributed by atoms with Gasteiger partial charge in [0, 0.05) is 6.54 Å². The Balaban J connectivity index is 0.00000200. The molecule has 0 radical (unpaired) electrons. The van der Waals surface area contributed by atoms with E-state index in [0.29, 0.717) is 18.3 Å². The van der Waals surface area contributed by atoms with E-state index in [-0.39, 0.29) is 12.4 Å². The molecule has 0 amide bonds. The highest BCUT2D eigenvalue weighted by Gasteiger charge is 2.22. The number of hydrogen-bond acceptors (Lipinski definition) is 5. The van der Waals surface area contributed by atoms with Gasteiger partial charge in [0.25, 0.3) is 0 Å². The summed E-state index contributed by atoms with van der Waals surface area (Å²) in [4.78, 5) is 6.64. The topological polar surface area (TPSA) is 68.2 Å². The van der Waals surface area contributed by atoms with Crippen LogP contribution in [0.25, 0.3) is 0 Å². The normalized spacial score (nSPS) is 17.2. The Hall–Kier alpha value is -0.650. The van der Waals surface area contributed by atoms with Crippen LogP contribution in [0.1, 0.15) is 57.7 Å². The predicted molar refractivity (Wildman–Crippen MR) is 81.7 cm³/mol. The van der Waals surface area contributed by atoms with Gasteiger partial charge in [-0.05, 0) is 39.7 Å². The average molecular weight is 303 g/mol. The van der Waals surface area contributed by atoms with E-state index in [0.717, 1.165) is 12.5 Å². The summed E-state index contributed by atoms with van der Waals surface area (Å²) in [5.41, 5.74) is 5.41. The van der Waals surface area contributed by atoms with Crippen molar-refractivity contribution in [1.29, 1.82) is 0 Å². The molecule has 6 heteroatoms. The summed E-state index contributed by atoms with van der Waals surface area (Å²) >= 11 is 0. The predicted octanol–water partition coefficient (Wildman–Crippen LogP) is 2.70. The molecule has 1 aromatic heterocycles. The molecule has 1 aliphatic rings. The highest BCUT2D eigenvalue weighted by atomic mass is 35.5. The Labute approximate surface area is 127 Å². The third kappa shape index (κ3) is 5.04. The summed E-state index contributed by atoms with van der Waals surface area (Å²) in [6, 6.07) is 0. The summed E-state index contributed by atoms with van der Waals surface area (Å²) in [5, 5.41) is 3.95. The van der Waals surface area contributed by atoms with Crippen LogP contribution in [-0.2, 0) is 12.1 Å². The summed E-state index contributed by atoms with van der Waals surface area (Å²) in [6.07, 6.45) is 6.87. The van der Waals surface area contributed by atoms with E-state index in [2.05, 4.69) is 22.1 Å². The third-order valence-electron chi connectivity index (χ3n) is 3.74. The first kappa shape index (κ1) is 17.4. The SMILES string of the molecule is CN(Cc1nc(C(C)(C)N)no1)CC1CCCCC1.Cl. The number of rotatable bonds is 5. The zero-order valence-corrected chi connectivity index (χ0v) is 13.6. The fourth-order valence-electron chi connectivity index (χ4n) is 2.69. The van der Waals surface area contributed by atoms with Crippen molar-refractivity contribution >= 4 is 12.4 Å². The first-order valence-electron chi connectivity index (χ1n) is 7.25. The minimum absolute atomic E-state index is 0. The van der Waals surface area contributed by atoms with Crippen LogP contribution < -0.4 is 5.73 Å². The lowest BCUT2D eigenvalue weighted by Crippen LogP contribution is -2.30. The van der Waals surface area contributed by atoms with E-state index in [1.54, 1.807) is 0 Å². The number of aromatic nitrogens is 2. The second-order valence-electron chi connectivity index (χ2n) is 6.43. The third-order valence-corrected chi connectivity index (χ3v) is 3.74. The van der Waals surface area contributed by atoms with Gasteiger partial charge in [-0.15, -0.1) is 12.4 Å². The lowest BCUT2D eigenvalue weighted by atomic mass is 9.89. The molecule has 0 bridgehead atoms. The van der Waals surface area contributed by atoms with Crippen LogP contribution in [0.2, 0.25) is 0 Å². The zero-order chi connectivity index (χ0) is 13.9. The second-order valence-corrected chi connectivity index (χ2v) is 6.43. The van der Waals surface area contributed by atoms with Crippen LogP contribution in [0.3, 0.4) is 0 Å². The summed E-state index contributed by atoms with van der Waals surface area (Å²) in [7, 11) is 2.12. The summed E-state index contributed by atoms with van der Waals surface area (Å²) < 4.78 is 5.27. The van der Waals surface area contributed by atoms with E-state index in [1.807, 2.05) is 13.8 Å². The minimum Gasteiger partial charge on any atom is -0.338 e. The molecule has 1 fully saturated rings. The van der Waals surface area contributed by atoms with Crippen LogP contribution in [0, 0.1) is 5.92 Å². The van der Waals surface area contributed by atoms with Gasteiger partial charge in [0.2, 0.25) is 5.89 Å². The maximum Gasteiger partial charge on any atom is 0.240 e. The Kier molecular flexibility index (Phi) is 6.43. The van der Waals surface area contributed by atoms with E-state index in [1.165, 1.54) is 32.1 Å². The Morgan fingerprint density at radius 2 is 1.95 bits per heavy atom. The van der Waals surface area contributed by atoms with E-state index < -0.39 is 5.54 Å². The molecule has 0 spiro atoms. The molecule has 0 aliphatic heterocycles. The number of hydrogen-bond donors (Lipinski definition) is 1. The highest BCUT2D eigenvalue weighted by Crippen LogP contribution is 2.24. The molecule has 116 valence electrons. The van der Waals surface area contributed by atoms with Crippen molar-refractivity contribution in [1.82, 2.24) is 15.0 Å². The van der Waals surface area contributed by atoms with E-state index >= 15 is 0 Å². The van der Waals surface area contributed by atoms with Crippen molar-refractivity contribution in [3.05, 3.63) is 11.7 Å². The standard InChI is InChI=1S/C14H26N4O.ClH/c1-14(2,15)13-16-12(19-17-13)10-18(3)9-11-7-5-4-6-8-11;/h11H,4-10,15H2,1-3H3;1H. The van der Waals surface area contributed by atoms with Crippen molar-refractivity contribution in [2.24, 2.45) is 11.7 Å². The van der Waals surface area contributed by atoms with Gasteiger partial charge in [-0.2, -0.15) is 4.98 Å². The lowest BCUT2D eigenvalue weighted by molar-refractivity contribution is 0.205. The molecule has 1 aliphatic carbocycles. The van der Waals surface area contributed by atoms with Crippen LogP contribution in [0.15, 0.2) is 4.52 Å². The molecule has 0 atom stereocenters. The van der Waals surface area contributed by atoms with Crippen molar-refractivity contribution in [2.75, 3.05) is 13.6 Å². The summed E-state index contributed by atoms with van der Waals surface area (Å²) in [6.45, 7) is 5.59.